The van der Waals surface area contributed by atoms with Crippen LogP contribution in [0.15, 0.2) is 48.5 Å². The predicted molar refractivity (Wildman–Crippen MR) is 95.8 cm³/mol. The average Bonchev–Trinajstić information content (AvgIpc) is 3.02. The van der Waals surface area contributed by atoms with E-state index in [0.29, 0.717) is 5.95 Å². The van der Waals surface area contributed by atoms with Gasteiger partial charge in [-0.3, -0.25) is 0 Å². The van der Waals surface area contributed by atoms with Crippen LogP contribution in [0.25, 0.3) is 0 Å². The number of hydrogen-bond acceptors (Lipinski definition) is 4. The fourth-order valence-corrected chi connectivity index (χ4v) is 3.36. The van der Waals surface area contributed by atoms with Crippen molar-refractivity contribution in [3.63, 3.8) is 0 Å². The summed E-state index contributed by atoms with van der Waals surface area (Å²) in [6, 6.07) is 15.2. The van der Waals surface area contributed by atoms with Gasteiger partial charge >= 0.3 is 0 Å². The monoisotopic (exact) mass is 337 g/mol. The summed E-state index contributed by atoms with van der Waals surface area (Å²) in [7, 11) is 0. The van der Waals surface area contributed by atoms with Crippen LogP contribution in [0, 0.1) is 5.82 Å². The molecular weight excluding hydrogens is 317 g/mol. The molecule has 1 aliphatic rings. The van der Waals surface area contributed by atoms with E-state index in [1.165, 1.54) is 23.3 Å². The number of aryl methyl sites for hydroxylation is 1. The van der Waals surface area contributed by atoms with Gasteiger partial charge in [0.1, 0.15) is 5.82 Å². The fraction of sp³-hybridized carbons (Fsp3) is 0.263. The first kappa shape index (κ1) is 15.6. The summed E-state index contributed by atoms with van der Waals surface area (Å²) in [5.74, 6) is 0.627. The third kappa shape index (κ3) is 2.95. The lowest BCUT2D eigenvalue weighted by Crippen LogP contribution is -2.28. The lowest BCUT2D eigenvalue weighted by atomic mass is 9.93. The smallest absolute Gasteiger partial charge is 0.241 e. The Balaban J connectivity index is 1.71. The van der Waals surface area contributed by atoms with Crippen molar-refractivity contribution in [2.75, 3.05) is 11.1 Å². The van der Waals surface area contributed by atoms with Crippen LogP contribution in [0.2, 0.25) is 0 Å². The van der Waals surface area contributed by atoms with E-state index in [1.807, 2.05) is 0 Å². The van der Waals surface area contributed by atoms with Crippen LogP contribution >= 0.6 is 0 Å². The fourth-order valence-electron chi connectivity index (χ4n) is 3.36. The highest BCUT2D eigenvalue weighted by Crippen LogP contribution is 2.38. The summed E-state index contributed by atoms with van der Waals surface area (Å²) in [5.41, 5.74) is 9.29. The molecular formula is C19H20FN5. The van der Waals surface area contributed by atoms with Crippen molar-refractivity contribution in [2.24, 2.45) is 0 Å². The van der Waals surface area contributed by atoms with Crippen molar-refractivity contribution >= 4 is 11.9 Å². The number of nitrogens with one attached hydrogen (secondary N) is 1. The van der Waals surface area contributed by atoms with E-state index < -0.39 is 0 Å². The van der Waals surface area contributed by atoms with E-state index in [2.05, 4.69) is 46.6 Å². The number of fused-ring (bicyclic) bond motifs is 1. The molecule has 0 unspecified atom stereocenters. The quantitative estimate of drug-likeness (QED) is 0.764. The Kier molecular flexibility index (Phi) is 3.87. The first-order valence-electron chi connectivity index (χ1n) is 8.47. The van der Waals surface area contributed by atoms with Gasteiger partial charge in [-0.2, -0.15) is 4.98 Å². The molecule has 2 atom stereocenters. The minimum Gasteiger partial charge on any atom is -0.366 e. The Hall–Kier alpha value is -2.89. The number of nitrogens with zero attached hydrogens (tertiary/aromatic N) is 3. The maximum Gasteiger partial charge on any atom is 0.241 e. The van der Waals surface area contributed by atoms with Crippen molar-refractivity contribution in [3.05, 3.63) is 71.0 Å². The molecule has 3 N–H and O–H groups in total. The predicted octanol–water partition coefficient (Wildman–Crippen LogP) is 3.71. The summed E-state index contributed by atoms with van der Waals surface area (Å²) < 4.78 is 15.1. The van der Waals surface area contributed by atoms with Gasteiger partial charge in [-0.15, -0.1) is 5.10 Å². The van der Waals surface area contributed by atoms with Crippen LogP contribution in [0.4, 0.5) is 16.3 Å². The minimum absolute atomic E-state index is 0.0440. The van der Waals surface area contributed by atoms with Crippen molar-refractivity contribution in [3.8, 4) is 0 Å². The zero-order valence-electron chi connectivity index (χ0n) is 14.0. The van der Waals surface area contributed by atoms with E-state index in [-0.39, 0.29) is 23.8 Å². The SMILES string of the molecule is CCc1ccc([C@@H]2C[C@H](c3ccc(F)cc3)n3nc(N)nc3N2)cc1. The molecule has 0 radical (unpaired) electrons. The number of hydrogen-bond donors (Lipinski definition) is 2. The largest absolute Gasteiger partial charge is 0.366 e. The summed E-state index contributed by atoms with van der Waals surface area (Å²) >= 11 is 0. The molecule has 0 amide bonds. The topological polar surface area (TPSA) is 68.8 Å². The summed E-state index contributed by atoms with van der Waals surface area (Å²) in [4.78, 5) is 4.30. The van der Waals surface area contributed by atoms with E-state index in [1.54, 1.807) is 16.8 Å². The Morgan fingerprint density at radius 2 is 1.80 bits per heavy atom. The maximum atomic E-state index is 13.3. The average molecular weight is 337 g/mol. The third-order valence-corrected chi connectivity index (χ3v) is 4.75. The third-order valence-electron chi connectivity index (χ3n) is 4.75. The van der Waals surface area contributed by atoms with E-state index in [4.69, 9.17) is 5.73 Å². The Morgan fingerprint density at radius 1 is 1.12 bits per heavy atom. The zero-order chi connectivity index (χ0) is 17.4. The summed E-state index contributed by atoms with van der Waals surface area (Å²) in [6.45, 7) is 2.14. The van der Waals surface area contributed by atoms with E-state index in [0.717, 1.165) is 18.4 Å². The van der Waals surface area contributed by atoms with Gasteiger partial charge in [0, 0.05) is 0 Å². The standard InChI is InChI=1S/C19H20FN5/c1-2-12-3-5-13(6-4-12)16-11-17(14-7-9-15(20)10-8-14)25-19(22-16)23-18(21)24-25/h3-10,16-17H,2,11H2,1H3,(H3,21,22,23,24)/t16-,17+/m0/s1. The maximum absolute atomic E-state index is 13.3. The number of halogens is 1. The molecule has 5 nitrogen and oxygen atoms in total. The van der Waals surface area contributed by atoms with Crippen LogP contribution in [-0.2, 0) is 6.42 Å². The molecule has 2 heterocycles. The van der Waals surface area contributed by atoms with Gasteiger partial charge in [0.2, 0.25) is 11.9 Å². The highest BCUT2D eigenvalue weighted by atomic mass is 19.1. The van der Waals surface area contributed by atoms with Crippen molar-refractivity contribution in [1.82, 2.24) is 14.8 Å². The van der Waals surface area contributed by atoms with Crippen molar-refractivity contribution < 1.29 is 4.39 Å². The number of benzene rings is 2. The number of nitrogens with two attached hydrogens (primary N) is 1. The van der Waals surface area contributed by atoms with Gasteiger partial charge in [0.15, 0.2) is 0 Å². The van der Waals surface area contributed by atoms with Gasteiger partial charge in [-0.1, -0.05) is 43.3 Å². The number of rotatable bonds is 3. The summed E-state index contributed by atoms with van der Waals surface area (Å²) in [5, 5.41) is 7.73. The normalized spacial score (nSPS) is 19.3. The molecule has 3 aromatic rings. The van der Waals surface area contributed by atoms with Gasteiger partial charge in [0.05, 0.1) is 12.1 Å². The van der Waals surface area contributed by atoms with Crippen molar-refractivity contribution in [1.29, 1.82) is 0 Å². The van der Waals surface area contributed by atoms with Crippen LogP contribution in [0.1, 0.15) is 42.1 Å². The second-order valence-corrected chi connectivity index (χ2v) is 6.33. The van der Waals surface area contributed by atoms with E-state index >= 15 is 0 Å². The van der Waals surface area contributed by atoms with Crippen LogP contribution in [0.3, 0.4) is 0 Å². The van der Waals surface area contributed by atoms with E-state index in [9.17, 15) is 4.39 Å². The lowest BCUT2D eigenvalue weighted by Gasteiger charge is -2.31. The molecule has 0 bridgehead atoms. The van der Waals surface area contributed by atoms with Gasteiger partial charge in [-0.25, -0.2) is 9.07 Å². The van der Waals surface area contributed by atoms with Crippen LogP contribution in [0.5, 0.6) is 0 Å². The number of aromatic nitrogens is 3. The highest BCUT2D eigenvalue weighted by molar-refractivity contribution is 5.42. The second-order valence-electron chi connectivity index (χ2n) is 6.33. The molecule has 0 fully saturated rings. The molecule has 4 rings (SSSR count). The molecule has 0 saturated carbocycles. The number of anilines is 2. The first-order chi connectivity index (χ1) is 12.1. The lowest BCUT2D eigenvalue weighted by molar-refractivity contribution is 0.431. The van der Waals surface area contributed by atoms with Crippen LogP contribution < -0.4 is 11.1 Å². The molecule has 128 valence electrons. The molecule has 2 aromatic carbocycles. The van der Waals surface area contributed by atoms with Crippen molar-refractivity contribution in [2.45, 2.75) is 31.8 Å². The second kappa shape index (κ2) is 6.20. The molecule has 25 heavy (non-hydrogen) atoms. The molecule has 1 aliphatic heterocycles. The highest BCUT2D eigenvalue weighted by Gasteiger charge is 2.30. The molecule has 0 aliphatic carbocycles. The van der Waals surface area contributed by atoms with Crippen LogP contribution in [-0.4, -0.2) is 14.8 Å². The molecule has 0 spiro atoms. The molecule has 1 aromatic heterocycles. The Bertz CT molecular complexity index is 870. The van der Waals surface area contributed by atoms with Gasteiger partial charge in [0.25, 0.3) is 0 Å². The number of nitrogen functional groups attached to an aromatic ring is 1. The first-order valence-corrected chi connectivity index (χ1v) is 8.47. The molecule has 6 heteroatoms. The summed E-state index contributed by atoms with van der Waals surface area (Å²) in [6.07, 6.45) is 1.80. The molecule has 0 saturated heterocycles. The zero-order valence-corrected chi connectivity index (χ0v) is 14.0. The van der Waals surface area contributed by atoms with Gasteiger partial charge in [-0.05, 0) is 41.7 Å². The van der Waals surface area contributed by atoms with Gasteiger partial charge < -0.3 is 11.1 Å². The minimum atomic E-state index is -0.247. The Labute approximate surface area is 145 Å². The Morgan fingerprint density at radius 3 is 2.48 bits per heavy atom.